The molecule has 0 aromatic heterocycles. The Morgan fingerprint density at radius 1 is 1.41 bits per heavy atom. The molecule has 0 radical (unpaired) electrons. The number of rotatable bonds is 8. The molecule has 1 aliphatic heterocycles. The van der Waals surface area contributed by atoms with Crippen LogP contribution in [0.3, 0.4) is 0 Å². The van der Waals surface area contributed by atoms with Crippen molar-refractivity contribution in [2.24, 2.45) is 0 Å². The molecule has 29 heavy (non-hydrogen) atoms. The van der Waals surface area contributed by atoms with Crippen LogP contribution < -0.4 is 15.4 Å². The number of hydrogen-bond acceptors (Lipinski definition) is 6. The zero-order chi connectivity index (χ0) is 21.7. The summed E-state index contributed by atoms with van der Waals surface area (Å²) in [5, 5.41) is 16.0. The van der Waals surface area contributed by atoms with E-state index in [4.69, 9.17) is 21.1 Å². The van der Waals surface area contributed by atoms with Crippen LogP contribution in [0.4, 0.5) is 10.5 Å². The fourth-order valence-corrected chi connectivity index (χ4v) is 3.55. The summed E-state index contributed by atoms with van der Waals surface area (Å²) in [6.45, 7) is 9.15. The van der Waals surface area contributed by atoms with E-state index in [1.54, 1.807) is 12.0 Å². The second-order valence-corrected chi connectivity index (χ2v) is 8.66. The third-order valence-electron chi connectivity index (χ3n) is 4.86. The minimum atomic E-state index is -0.781. The smallest absolute Gasteiger partial charge is 0.411 e. The maximum Gasteiger partial charge on any atom is 0.411 e. The quantitative estimate of drug-likeness (QED) is 0.371. The number of nitriles is 1. The Hall–Kier alpha value is -2.17. The molecule has 1 heterocycles. The summed E-state index contributed by atoms with van der Waals surface area (Å²) in [7, 11) is 1.61. The number of carbonyl (C=O) groups is 1. The normalized spacial score (nSPS) is 18.2. The SMILES string of the molecule is COc1cc2c(cc1NCNCCCCl)CN(C(=O)OC(C)(C)C)C2(C)CC#N. The van der Waals surface area contributed by atoms with E-state index in [1.165, 1.54) is 0 Å². The van der Waals surface area contributed by atoms with E-state index < -0.39 is 17.2 Å². The molecule has 0 bridgehead atoms. The summed E-state index contributed by atoms with van der Waals surface area (Å²) in [5.74, 6) is 1.28. The molecule has 1 atom stereocenters. The van der Waals surface area contributed by atoms with E-state index in [-0.39, 0.29) is 6.42 Å². The highest BCUT2D eigenvalue weighted by molar-refractivity contribution is 6.17. The fourth-order valence-electron chi connectivity index (χ4n) is 3.42. The number of carbonyl (C=O) groups excluding carboxylic acids is 1. The number of fused-ring (bicyclic) bond motifs is 1. The van der Waals surface area contributed by atoms with E-state index in [9.17, 15) is 10.1 Å². The zero-order valence-corrected chi connectivity index (χ0v) is 18.7. The highest BCUT2D eigenvalue weighted by Gasteiger charge is 2.46. The van der Waals surface area contributed by atoms with Gasteiger partial charge in [-0.25, -0.2) is 4.79 Å². The van der Waals surface area contributed by atoms with Crippen LogP contribution in [-0.4, -0.2) is 42.8 Å². The molecule has 1 unspecified atom stereocenters. The summed E-state index contributed by atoms with van der Waals surface area (Å²) in [6, 6.07) is 6.12. The van der Waals surface area contributed by atoms with E-state index in [0.717, 1.165) is 29.8 Å². The van der Waals surface area contributed by atoms with E-state index in [1.807, 2.05) is 39.8 Å². The van der Waals surface area contributed by atoms with Crippen LogP contribution in [0, 0.1) is 11.3 Å². The molecule has 1 aromatic rings. The topological polar surface area (TPSA) is 86.6 Å². The molecule has 0 spiro atoms. The monoisotopic (exact) mass is 422 g/mol. The summed E-state index contributed by atoms with van der Waals surface area (Å²) in [6.07, 6.45) is 0.625. The largest absolute Gasteiger partial charge is 0.495 e. The number of nitrogens with one attached hydrogen (secondary N) is 2. The van der Waals surface area contributed by atoms with Crippen LogP contribution in [0.5, 0.6) is 5.75 Å². The van der Waals surface area contributed by atoms with Crippen LogP contribution in [-0.2, 0) is 16.8 Å². The lowest BCUT2D eigenvalue weighted by Gasteiger charge is -2.35. The van der Waals surface area contributed by atoms with Crippen molar-refractivity contribution in [2.45, 2.75) is 58.2 Å². The first-order chi connectivity index (χ1) is 13.7. The van der Waals surface area contributed by atoms with Crippen molar-refractivity contribution in [2.75, 3.05) is 31.5 Å². The molecule has 1 aliphatic rings. The number of amides is 1. The van der Waals surface area contributed by atoms with Gasteiger partial charge < -0.3 is 20.1 Å². The Bertz CT molecular complexity index is 772. The summed E-state index contributed by atoms with van der Waals surface area (Å²) in [5.41, 5.74) is 1.31. The van der Waals surface area contributed by atoms with Gasteiger partial charge >= 0.3 is 6.09 Å². The van der Waals surface area contributed by atoms with Gasteiger partial charge in [-0.3, -0.25) is 4.90 Å². The highest BCUT2D eigenvalue weighted by Crippen LogP contribution is 2.45. The lowest BCUT2D eigenvalue weighted by atomic mass is 9.88. The zero-order valence-electron chi connectivity index (χ0n) is 17.9. The van der Waals surface area contributed by atoms with Crippen molar-refractivity contribution in [1.82, 2.24) is 10.2 Å². The second-order valence-electron chi connectivity index (χ2n) is 8.28. The van der Waals surface area contributed by atoms with Crippen LogP contribution in [0.1, 0.15) is 51.7 Å². The molecule has 0 saturated heterocycles. The number of halogens is 1. The molecular formula is C21H31ClN4O3. The third-order valence-corrected chi connectivity index (χ3v) is 5.13. The average molecular weight is 423 g/mol. The van der Waals surface area contributed by atoms with Crippen LogP contribution >= 0.6 is 11.6 Å². The Morgan fingerprint density at radius 2 is 2.14 bits per heavy atom. The number of benzene rings is 1. The van der Waals surface area contributed by atoms with Gasteiger partial charge in [0.25, 0.3) is 0 Å². The molecule has 1 aromatic carbocycles. The van der Waals surface area contributed by atoms with Crippen molar-refractivity contribution >= 4 is 23.4 Å². The molecule has 2 N–H and O–H groups in total. The maximum absolute atomic E-state index is 12.9. The molecule has 8 heteroatoms. The Morgan fingerprint density at radius 3 is 2.72 bits per heavy atom. The van der Waals surface area contributed by atoms with Crippen molar-refractivity contribution in [3.63, 3.8) is 0 Å². The van der Waals surface area contributed by atoms with Crippen molar-refractivity contribution < 1.29 is 14.3 Å². The lowest BCUT2D eigenvalue weighted by Crippen LogP contribution is -2.44. The van der Waals surface area contributed by atoms with Crippen molar-refractivity contribution in [1.29, 1.82) is 5.26 Å². The predicted octanol–water partition coefficient (Wildman–Crippen LogP) is 4.16. The molecule has 2 rings (SSSR count). The Labute approximate surface area is 178 Å². The van der Waals surface area contributed by atoms with Gasteiger partial charge in [0.15, 0.2) is 0 Å². The number of ether oxygens (including phenoxy) is 2. The Balaban J connectivity index is 2.31. The number of hydrogen-bond donors (Lipinski definition) is 2. The average Bonchev–Trinajstić information content (AvgIpc) is 2.91. The summed E-state index contributed by atoms with van der Waals surface area (Å²) < 4.78 is 11.2. The number of nitrogens with zero attached hydrogens (tertiary/aromatic N) is 2. The van der Waals surface area contributed by atoms with Crippen LogP contribution in [0.25, 0.3) is 0 Å². The molecule has 1 amide bonds. The van der Waals surface area contributed by atoms with Crippen molar-refractivity contribution in [3.8, 4) is 11.8 Å². The number of anilines is 1. The summed E-state index contributed by atoms with van der Waals surface area (Å²) in [4.78, 5) is 14.5. The van der Waals surface area contributed by atoms with Gasteiger partial charge in [-0.05, 0) is 63.9 Å². The van der Waals surface area contributed by atoms with Gasteiger partial charge in [0, 0.05) is 5.88 Å². The van der Waals surface area contributed by atoms with Gasteiger partial charge in [-0.2, -0.15) is 5.26 Å². The molecule has 0 fully saturated rings. The van der Waals surface area contributed by atoms with Crippen LogP contribution in [0.15, 0.2) is 12.1 Å². The molecule has 0 saturated carbocycles. The van der Waals surface area contributed by atoms with Gasteiger partial charge in [-0.1, -0.05) is 0 Å². The predicted molar refractivity (Wildman–Crippen MR) is 114 cm³/mol. The first-order valence-corrected chi connectivity index (χ1v) is 10.3. The Kier molecular flexibility index (Phi) is 7.61. The van der Waals surface area contributed by atoms with Crippen molar-refractivity contribution in [3.05, 3.63) is 23.3 Å². The maximum atomic E-state index is 12.9. The van der Waals surface area contributed by atoms with Gasteiger partial charge in [0.1, 0.15) is 11.4 Å². The second kappa shape index (κ2) is 9.55. The van der Waals surface area contributed by atoms with Crippen LogP contribution in [0.2, 0.25) is 0 Å². The van der Waals surface area contributed by atoms with E-state index in [2.05, 4.69) is 16.7 Å². The fraction of sp³-hybridized carbons (Fsp3) is 0.619. The molecule has 160 valence electrons. The highest BCUT2D eigenvalue weighted by atomic mass is 35.5. The van der Waals surface area contributed by atoms with E-state index >= 15 is 0 Å². The first-order valence-electron chi connectivity index (χ1n) is 9.76. The lowest BCUT2D eigenvalue weighted by molar-refractivity contribution is 0.00262. The number of alkyl halides is 1. The minimum Gasteiger partial charge on any atom is -0.495 e. The minimum absolute atomic E-state index is 0.162. The van der Waals surface area contributed by atoms with E-state index in [0.29, 0.717) is 24.8 Å². The molecule has 0 aliphatic carbocycles. The molecule has 7 nitrogen and oxygen atoms in total. The molecular weight excluding hydrogens is 392 g/mol. The summed E-state index contributed by atoms with van der Waals surface area (Å²) >= 11 is 5.69. The van der Waals surface area contributed by atoms with Gasteiger partial charge in [-0.15, -0.1) is 11.6 Å². The standard InChI is InChI=1S/C21H31ClN4O3/c1-20(2,3)29-19(27)26-13-15-11-17(25-14-24-10-6-8-22)18(28-5)12-16(15)21(26,4)7-9-23/h11-12,24-25H,6-8,10,13-14H2,1-5H3. The number of methoxy groups -OCH3 is 1. The van der Waals surface area contributed by atoms with Gasteiger partial charge in [0.2, 0.25) is 0 Å². The van der Waals surface area contributed by atoms with Gasteiger partial charge in [0.05, 0.1) is 44.0 Å². The first kappa shape index (κ1) is 23.1. The third kappa shape index (κ3) is 5.46.